The highest BCUT2D eigenvalue weighted by molar-refractivity contribution is 6.33. The number of hydrogen-bond acceptors (Lipinski definition) is 2. The molecule has 1 N–H and O–H groups in total. The molecule has 0 unspecified atom stereocenters. The molecule has 0 radical (unpaired) electrons. The highest BCUT2D eigenvalue weighted by atomic mass is 35.5. The van der Waals surface area contributed by atoms with Crippen molar-refractivity contribution in [1.29, 1.82) is 0 Å². The van der Waals surface area contributed by atoms with Crippen molar-refractivity contribution in [3.05, 3.63) is 52.7 Å². The molecule has 0 bridgehead atoms. The summed E-state index contributed by atoms with van der Waals surface area (Å²) in [5.41, 5.74) is 4.83. The molecule has 3 heteroatoms. The standard InChI is InChI=1S/C15H15ClN2/c16-13-5-4-11-6-9-17-10-7-12(11)15(13)14-3-1-2-8-18-14/h1-5,8,17H,6-7,9-10H2. The van der Waals surface area contributed by atoms with Crippen LogP contribution >= 0.6 is 11.6 Å². The van der Waals surface area contributed by atoms with Gasteiger partial charge in [-0.2, -0.15) is 0 Å². The summed E-state index contributed by atoms with van der Waals surface area (Å²) >= 11 is 6.39. The van der Waals surface area contributed by atoms with Crippen LogP contribution in [0.25, 0.3) is 11.3 Å². The van der Waals surface area contributed by atoms with Gasteiger partial charge in [0.15, 0.2) is 0 Å². The molecule has 0 fully saturated rings. The molecule has 92 valence electrons. The number of aromatic nitrogens is 1. The first-order chi connectivity index (χ1) is 8.86. The summed E-state index contributed by atoms with van der Waals surface area (Å²) in [6.45, 7) is 2.05. The lowest BCUT2D eigenvalue weighted by molar-refractivity contribution is 0.711. The quantitative estimate of drug-likeness (QED) is 0.850. The smallest absolute Gasteiger partial charge is 0.0719 e. The van der Waals surface area contributed by atoms with E-state index in [0.29, 0.717) is 0 Å². The van der Waals surface area contributed by atoms with Crippen molar-refractivity contribution >= 4 is 11.6 Å². The van der Waals surface area contributed by atoms with Crippen LogP contribution < -0.4 is 5.32 Å². The van der Waals surface area contributed by atoms with Crippen molar-refractivity contribution in [2.75, 3.05) is 13.1 Å². The molecule has 1 aromatic carbocycles. The zero-order chi connectivity index (χ0) is 12.4. The van der Waals surface area contributed by atoms with Gasteiger partial charge in [-0.3, -0.25) is 4.98 Å². The van der Waals surface area contributed by atoms with Gasteiger partial charge in [-0.15, -0.1) is 0 Å². The molecule has 0 spiro atoms. The Morgan fingerprint density at radius 3 is 2.78 bits per heavy atom. The first kappa shape index (κ1) is 11.7. The predicted octanol–water partition coefficient (Wildman–Crippen LogP) is 3.09. The Kier molecular flexibility index (Phi) is 3.31. The molecule has 1 aliphatic heterocycles. The number of pyridine rings is 1. The molecule has 0 saturated heterocycles. The van der Waals surface area contributed by atoms with Crippen LogP contribution in [0.5, 0.6) is 0 Å². The summed E-state index contributed by atoms with van der Waals surface area (Å²) < 4.78 is 0. The molecule has 1 aromatic heterocycles. The van der Waals surface area contributed by atoms with Gasteiger partial charge in [0.25, 0.3) is 0 Å². The molecule has 2 aromatic rings. The van der Waals surface area contributed by atoms with E-state index in [2.05, 4.69) is 16.4 Å². The van der Waals surface area contributed by atoms with E-state index in [1.807, 2.05) is 30.5 Å². The lowest BCUT2D eigenvalue weighted by Crippen LogP contribution is -2.16. The second kappa shape index (κ2) is 5.09. The zero-order valence-electron chi connectivity index (χ0n) is 10.1. The SMILES string of the molecule is Clc1ccc2c(c1-c1ccccn1)CCNCC2. The Bertz CT molecular complexity index is 552. The van der Waals surface area contributed by atoms with Crippen LogP contribution in [0, 0.1) is 0 Å². The molecule has 0 atom stereocenters. The number of hydrogen-bond donors (Lipinski definition) is 1. The summed E-state index contributed by atoms with van der Waals surface area (Å²) in [6, 6.07) is 10.1. The van der Waals surface area contributed by atoms with E-state index in [4.69, 9.17) is 11.6 Å². The molecule has 0 aliphatic carbocycles. The molecular formula is C15H15ClN2. The second-order valence-electron chi connectivity index (χ2n) is 4.53. The summed E-state index contributed by atoms with van der Waals surface area (Å²) in [5, 5.41) is 4.23. The van der Waals surface area contributed by atoms with Crippen LogP contribution in [-0.4, -0.2) is 18.1 Å². The highest BCUT2D eigenvalue weighted by Gasteiger charge is 2.16. The third-order valence-corrected chi connectivity index (χ3v) is 3.72. The van der Waals surface area contributed by atoms with E-state index in [9.17, 15) is 0 Å². The van der Waals surface area contributed by atoms with E-state index in [-0.39, 0.29) is 0 Å². The normalized spacial score (nSPS) is 14.9. The van der Waals surface area contributed by atoms with Crippen molar-refractivity contribution in [3.8, 4) is 11.3 Å². The molecule has 2 nitrogen and oxygen atoms in total. The van der Waals surface area contributed by atoms with Gasteiger partial charge in [-0.1, -0.05) is 23.7 Å². The topological polar surface area (TPSA) is 24.9 Å². The molecule has 18 heavy (non-hydrogen) atoms. The fourth-order valence-electron chi connectivity index (χ4n) is 2.53. The minimum absolute atomic E-state index is 0.800. The fraction of sp³-hybridized carbons (Fsp3) is 0.267. The van der Waals surface area contributed by atoms with Crippen molar-refractivity contribution < 1.29 is 0 Å². The van der Waals surface area contributed by atoms with E-state index in [1.54, 1.807) is 0 Å². The van der Waals surface area contributed by atoms with Gasteiger partial charge in [-0.25, -0.2) is 0 Å². The van der Waals surface area contributed by atoms with Crippen molar-refractivity contribution in [1.82, 2.24) is 10.3 Å². The molecule has 2 heterocycles. The molecule has 0 amide bonds. The Hall–Kier alpha value is -1.38. The summed E-state index contributed by atoms with van der Waals surface area (Å²) in [7, 11) is 0. The van der Waals surface area contributed by atoms with Gasteiger partial charge < -0.3 is 5.32 Å². The Morgan fingerprint density at radius 1 is 1.06 bits per heavy atom. The third-order valence-electron chi connectivity index (χ3n) is 3.40. The van der Waals surface area contributed by atoms with Crippen LogP contribution in [0.2, 0.25) is 5.02 Å². The second-order valence-corrected chi connectivity index (χ2v) is 4.93. The maximum Gasteiger partial charge on any atom is 0.0719 e. The number of rotatable bonds is 1. The summed E-state index contributed by atoms with van der Waals surface area (Å²) in [4.78, 5) is 4.44. The highest BCUT2D eigenvalue weighted by Crippen LogP contribution is 2.33. The lowest BCUT2D eigenvalue weighted by Gasteiger charge is -2.13. The van der Waals surface area contributed by atoms with Crippen LogP contribution in [-0.2, 0) is 12.8 Å². The predicted molar refractivity (Wildman–Crippen MR) is 75.0 cm³/mol. The van der Waals surface area contributed by atoms with Crippen LogP contribution in [0.3, 0.4) is 0 Å². The summed E-state index contributed by atoms with van der Waals surface area (Å²) in [5.74, 6) is 0. The Morgan fingerprint density at radius 2 is 1.94 bits per heavy atom. The van der Waals surface area contributed by atoms with Crippen molar-refractivity contribution in [3.63, 3.8) is 0 Å². The average molecular weight is 259 g/mol. The minimum Gasteiger partial charge on any atom is -0.316 e. The van der Waals surface area contributed by atoms with Gasteiger partial charge >= 0.3 is 0 Å². The maximum absolute atomic E-state index is 6.39. The van der Waals surface area contributed by atoms with Gasteiger partial charge in [0.05, 0.1) is 10.7 Å². The first-order valence-electron chi connectivity index (χ1n) is 6.28. The number of halogens is 1. The fourth-order valence-corrected chi connectivity index (χ4v) is 2.81. The van der Waals surface area contributed by atoms with Crippen LogP contribution in [0.4, 0.5) is 0 Å². The maximum atomic E-state index is 6.39. The van der Waals surface area contributed by atoms with E-state index in [0.717, 1.165) is 42.2 Å². The van der Waals surface area contributed by atoms with E-state index in [1.165, 1.54) is 11.1 Å². The Balaban J connectivity index is 2.19. The van der Waals surface area contributed by atoms with Crippen molar-refractivity contribution in [2.45, 2.75) is 12.8 Å². The van der Waals surface area contributed by atoms with Crippen molar-refractivity contribution in [2.24, 2.45) is 0 Å². The number of benzene rings is 1. The molecular weight excluding hydrogens is 244 g/mol. The average Bonchev–Trinajstić information content (AvgIpc) is 2.65. The first-order valence-corrected chi connectivity index (χ1v) is 6.66. The number of nitrogens with zero attached hydrogens (tertiary/aromatic N) is 1. The van der Waals surface area contributed by atoms with Gasteiger partial charge in [-0.05, 0) is 55.3 Å². The van der Waals surface area contributed by atoms with E-state index < -0.39 is 0 Å². The van der Waals surface area contributed by atoms with E-state index >= 15 is 0 Å². The third kappa shape index (κ3) is 2.14. The lowest BCUT2D eigenvalue weighted by atomic mass is 9.95. The zero-order valence-corrected chi connectivity index (χ0v) is 10.9. The summed E-state index contributed by atoms with van der Waals surface area (Å²) in [6.07, 6.45) is 3.90. The largest absolute Gasteiger partial charge is 0.316 e. The van der Waals surface area contributed by atoms with Crippen LogP contribution in [0.15, 0.2) is 36.5 Å². The number of nitrogens with one attached hydrogen (secondary N) is 1. The number of fused-ring (bicyclic) bond motifs is 1. The van der Waals surface area contributed by atoms with Crippen LogP contribution in [0.1, 0.15) is 11.1 Å². The molecule has 1 aliphatic rings. The monoisotopic (exact) mass is 258 g/mol. The van der Waals surface area contributed by atoms with Gasteiger partial charge in [0.1, 0.15) is 0 Å². The molecule has 0 saturated carbocycles. The van der Waals surface area contributed by atoms with Gasteiger partial charge in [0, 0.05) is 11.8 Å². The van der Waals surface area contributed by atoms with Gasteiger partial charge in [0.2, 0.25) is 0 Å². The Labute approximate surface area is 112 Å². The molecule has 3 rings (SSSR count). The minimum atomic E-state index is 0.800.